The molecule has 1 aliphatic rings. The normalized spacial score (nSPS) is 22.4. The van der Waals surface area contributed by atoms with Crippen molar-refractivity contribution >= 4 is 5.69 Å². The summed E-state index contributed by atoms with van der Waals surface area (Å²) in [6, 6.07) is 5.89. The lowest BCUT2D eigenvalue weighted by molar-refractivity contribution is -0.386. The molecule has 18 heavy (non-hydrogen) atoms. The molecule has 6 heteroatoms. The van der Waals surface area contributed by atoms with Crippen molar-refractivity contribution in [2.75, 3.05) is 0 Å². The van der Waals surface area contributed by atoms with Crippen molar-refractivity contribution in [3.05, 3.63) is 33.9 Å². The van der Waals surface area contributed by atoms with Crippen LogP contribution in [0.25, 0.3) is 0 Å². The Morgan fingerprint density at radius 1 is 1.50 bits per heavy atom. The number of nitriles is 1. The van der Waals surface area contributed by atoms with E-state index in [-0.39, 0.29) is 17.0 Å². The summed E-state index contributed by atoms with van der Waals surface area (Å²) in [5.74, 6) is 0.102. The number of benzene rings is 1. The molecule has 0 amide bonds. The summed E-state index contributed by atoms with van der Waals surface area (Å²) in [7, 11) is 0. The molecule has 0 radical (unpaired) electrons. The molecule has 1 saturated carbocycles. The summed E-state index contributed by atoms with van der Waals surface area (Å²) in [6.45, 7) is 0. The van der Waals surface area contributed by atoms with Gasteiger partial charge in [-0.1, -0.05) is 0 Å². The highest BCUT2D eigenvalue weighted by molar-refractivity contribution is 5.51. The predicted molar refractivity (Wildman–Crippen MR) is 62.1 cm³/mol. The number of hydrogen-bond donors (Lipinski definition) is 1. The molecule has 6 nitrogen and oxygen atoms in total. The predicted octanol–water partition coefficient (Wildman–Crippen LogP) is 1.76. The molecule has 0 aromatic heterocycles. The van der Waals surface area contributed by atoms with E-state index < -0.39 is 17.1 Å². The summed E-state index contributed by atoms with van der Waals surface area (Å²) in [5, 5.41) is 29.2. The number of aliphatic hydroxyl groups is 1. The SMILES string of the molecule is N#Cc1ccc(O[C@@H]2CCC[C@H]2O)c([N+](=O)[O-])c1. The van der Waals surface area contributed by atoms with Gasteiger partial charge in [0.2, 0.25) is 0 Å². The minimum atomic E-state index is -0.586. The van der Waals surface area contributed by atoms with Gasteiger partial charge >= 0.3 is 5.69 Å². The first-order chi connectivity index (χ1) is 8.61. The summed E-state index contributed by atoms with van der Waals surface area (Å²) < 4.78 is 5.48. The van der Waals surface area contributed by atoms with Gasteiger partial charge in [-0.3, -0.25) is 10.1 Å². The van der Waals surface area contributed by atoms with Crippen molar-refractivity contribution in [1.29, 1.82) is 5.26 Å². The molecule has 94 valence electrons. The fraction of sp³-hybridized carbons (Fsp3) is 0.417. The zero-order chi connectivity index (χ0) is 13.1. The van der Waals surface area contributed by atoms with Gasteiger partial charge in [-0.05, 0) is 31.4 Å². The number of hydrogen-bond acceptors (Lipinski definition) is 5. The maximum Gasteiger partial charge on any atom is 0.312 e. The number of aliphatic hydroxyl groups excluding tert-OH is 1. The average molecular weight is 248 g/mol. The van der Waals surface area contributed by atoms with Gasteiger partial charge in [0.25, 0.3) is 0 Å². The molecule has 0 aliphatic heterocycles. The minimum absolute atomic E-state index is 0.102. The van der Waals surface area contributed by atoms with Crippen molar-refractivity contribution in [3.63, 3.8) is 0 Å². The molecule has 2 atom stereocenters. The Morgan fingerprint density at radius 3 is 2.83 bits per heavy atom. The van der Waals surface area contributed by atoms with Crippen LogP contribution >= 0.6 is 0 Å². The first-order valence-electron chi connectivity index (χ1n) is 5.65. The third-order valence-electron chi connectivity index (χ3n) is 2.98. The van der Waals surface area contributed by atoms with Crippen molar-refractivity contribution in [3.8, 4) is 11.8 Å². The van der Waals surface area contributed by atoms with Crippen molar-refractivity contribution in [1.82, 2.24) is 0 Å². The molecule has 0 saturated heterocycles. The lowest BCUT2D eigenvalue weighted by atomic mass is 10.2. The zero-order valence-corrected chi connectivity index (χ0v) is 9.57. The van der Waals surface area contributed by atoms with E-state index in [0.29, 0.717) is 12.8 Å². The smallest absolute Gasteiger partial charge is 0.312 e. The van der Waals surface area contributed by atoms with Crippen LogP contribution in [0.1, 0.15) is 24.8 Å². The fourth-order valence-electron chi connectivity index (χ4n) is 2.04. The van der Waals surface area contributed by atoms with Gasteiger partial charge in [0.1, 0.15) is 6.10 Å². The molecule has 1 aliphatic carbocycles. The number of rotatable bonds is 3. The Kier molecular flexibility index (Phi) is 3.44. The third kappa shape index (κ3) is 2.41. The van der Waals surface area contributed by atoms with Crippen LogP contribution in [-0.2, 0) is 0 Å². The quantitative estimate of drug-likeness (QED) is 0.649. The molecule has 1 aromatic carbocycles. The van der Waals surface area contributed by atoms with Crippen LogP contribution in [0.2, 0.25) is 0 Å². The van der Waals surface area contributed by atoms with Crippen LogP contribution in [0.4, 0.5) is 5.69 Å². The van der Waals surface area contributed by atoms with Crippen molar-refractivity contribution in [2.45, 2.75) is 31.5 Å². The van der Waals surface area contributed by atoms with Crippen molar-refractivity contribution < 1.29 is 14.8 Å². The van der Waals surface area contributed by atoms with E-state index in [9.17, 15) is 15.2 Å². The monoisotopic (exact) mass is 248 g/mol. The topological polar surface area (TPSA) is 96.4 Å². The second kappa shape index (κ2) is 5.02. The van der Waals surface area contributed by atoms with E-state index in [1.165, 1.54) is 18.2 Å². The fourth-order valence-corrected chi connectivity index (χ4v) is 2.04. The van der Waals surface area contributed by atoms with Gasteiger partial charge < -0.3 is 9.84 Å². The van der Waals surface area contributed by atoms with Gasteiger partial charge in [0, 0.05) is 6.07 Å². The molecule has 0 heterocycles. The largest absolute Gasteiger partial charge is 0.481 e. The van der Waals surface area contributed by atoms with Crippen molar-refractivity contribution in [2.24, 2.45) is 0 Å². The van der Waals surface area contributed by atoms with E-state index in [2.05, 4.69) is 0 Å². The van der Waals surface area contributed by atoms with Gasteiger partial charge in [-0.2, -0.15) is 5.26 Å². The maximum absolute atomic E-state index is 10.9. The highest BCUT2D eigenvalue weighted by atomic mass is 16.6. The molecule has 0 spiro atoms. The third-order valence-corrected chi connectivity index (χ3v) is 2.98. The molecule has 1 aromatic rings. The Hall–Kier alpha value is -2.13. The number of nitrogens with zero attached hydrogens (tertiary/aromatic N) is 2. The summed E-state index contributed by atoms with van der Waals surface area (Å²) in [4.78, 5) is 10.3. The van der Waals surface area contributed by atoms with Gasteiger partial charge in [-0.15, -0.1) is 0 Å². The van der Waals surface area contributed by atoms with E-state index in [0.717, 1.165) is 6.42 Å². The Labute approximate surface area is 104 Å². The number of nitro groups is 1. The molecule has 0 bridgehead atoms. The van der Waals surface area contributed by atoms with E-state index >= 15 is 0 Å². The molecular weight excluding hydrogens is 236 g/mol. The molecule has 1 fully saturated rings. The van der Waals surface area contributed by atoms with Crippen LogP contribution in [-0.4, -0.2) is 22.2 Å². The Morgan fingerprint density at radius 2 is 2.28 bits per heavy atom. The number of ether oxygens (including phenoxy) is 1. The Bertz CT molecular complexity index is 509. The molecular formula is C12H12N2O4. The second-order valence-electron chi connectivity index (χ2n) is 4.21. The summed E-state index contributed by atoms with van der Waals surface area (Å²) in [6.07, 6.45) is 1.18. The maximum atomic E-state index is 10.9. The zero-order valence-electron chi connectivity index (χ0n) is 9.57. The van der Waals surface area contributed by atoms with E-state index in [4.69, 9.17) is 10.00 Å². The first kappa shape index (κ1) is 12.3. The van der Waals surface area contributed by atoms with Gasteiger partial charge in [-0.25, -0.2) is 0 Å². The number of nitro benzene ring substituents is 1. The van der Waals surface area contributed by atoms with E-state index in [1.807, 2.05) is 6.07 Å². The summed E-state index contributed by atoms with van der Waals surface area (Å²) in [5.41, 5.74) is -0.0332. The van der Waals surface area contributed by atoms with Crippen LogP contribution in [0, 0.1) is 21.4 Å². The first-order valence-corrected chi connectivity index (χ1v) is 5.65. The Balaban J connectivity index is 2.27. The standard InChI is InChI=1S/C12H12N2O4/c13-7-8-4-5-11(9(6-8)14(16)17)18-12-3-1-2-10(12)15/h4-6,10,12,15H,1-3H2/t10-,12-/m1/s1. The molecule has 1 N–H and O–H groups in total. The molecule has 2 rings (SSSR count). The lowest BCUT2D eigenvalue weighted by Gasteiger charge is -2.16. The highest BCUT2D eigenvalue weighted by Crippen LogP contribution is 2.32. The summed E-state index contributed by atoms with van der Waals surface area (Å²) >= 11 is 0. The minimum Gasteiger partial charge on any atom is -0.481 e. The second-order valence-corrected chi connectivity index (χ2v) is 4.21. The highest BCUT2D eigenvalue weighted by Gasteiger charge is 2.29. The van der Waals surface area contributed by atoms with Crippen LogP contribution < -0.4 is 4.74 Å². The molecule has 0 unspecified atom stereocenters. The van der Waals surface area contributed by atoms with E-state index in [1.54, 1.807) is 0 Å². The lowest BCUT2D eigenvalue weighted by Crippen LogP contribution is -2.25. The van der Waals surface area contributed by atoms with Crippen LogP contribution in [0.5, 0.6) is 5.75 Å². The van der Waals surface area contributed by atoms with Gasteiger partial charge in [0.05, 0.1) is 22.7 Å². The van der Waals surface area contributed by atoms with Crippen LogP contribution in [0.15, 0.2) is 18.2 Å². The van der Waals surface area contributed by atoms with Gasteiger partial charge in [0.15, 0.2) is 5.75 Å². The average Bonchev–Trinajstić information content (AvgIpc) is 2.75. The van der Waals surface area contributed by atoms with Crippen LogP contribution in [0.3, 0.4) is 0 Å².